The van der Waals surface area contributed by atoms with Gasteiger partial charge in [-0.15, -0.1) is 0 Å². The highest BCUT2D eigenvalue weighted by atomic mass is 16.5. The van der Waals surface area contributed by atoms with E-state index in [1.54, 1.807) is 0 Å². The molecule has 0 bridgehead atoms. The highest BCUT2D eigenvalue weighted by Gasteiger charge is 2.02. The van der Waals surface area contributed by atoms with E-state index in [0.717, 1.165) is 17.6 Å². The number of benzene rings is 2. The van der Waals surface area contributed by atoms with Crippen LogP contribution in [-0.2, 0) is 11.2 Å². The standard InChI is InChI=1S/C17H20O2/c1-12(2)8-14-4-5-16-10-17(19-11-13(3)18)7-6-15(16)9-14/h4-7,9-10,12H,8,11H2,1-3H3. The molecule has 0 heterocycles. The Bertz CT molecular complexity index is 585. The maximum atomic E-state index is 10.9. The van der Waals surface area contributed by atoms with Crippen molar-refractivity contribution in [2.75, 3.05) is 6.61 Å². The number of hydrogen-bond donors (Lipinski definition) is 0. The number of ketones is 1. The summed E-state index contributed by atoms with van der Waals surface area (Å²) in [5, 5.41) is 2.36. The quantitative estimate of drug-likeness (QED) is 0.808. The van der Waals surface area contributed by atoms with Gasteiger partial charge in [-0.25, -0.2) is 0 Å². The Morgan fingerprint density at radius 2 is 1.79 bits per heavy atom. The average Bonchev–Trinajstić information content (AvgIpc) is 2.35. The fourth-order valence-electron chi connectivity index (χ4n) is 2.15. The minimum atomic E-state index is 0.0346. The minimum Gasteiger partial charge on any atom is -0.486 e. The number of ether oxygens (including phenoxy) is 1. The van der Waals surface area contributed by atoms with Gasteiger partial charge in [-0.2, -0.15) is 0 Å². The molecule has 19 heavy (non-hydrogen) atoms. The van der Waals surface area contributed by atoms with E-state index in [0.29, 0.717) is 5.92 Å². The number of carbonyl (C=O) groups excluding carboxylic acids is 1. The van der Waals surface area contributed by atoms with Crippen molar-refractivity contribution in [3.63, 3.8) is 0 Å². The molecule has 0 radical (unpaired) electrons. The van der Waals surface area contributed by atoms with Crippen LogP contribution in [-0.4, -0.2) is 12.4 Å². The lowest BCUT2D eigenvalue weighted by atomic mass is 10.00. The Balaban J connectivity index is 2.22. The molecule has 0 aromatic heterocycles. The maximum Gasteiger partial charge on any atom is 0.167 e. The second-order valence-electron chi connectivity index (χ2n) is 5.43. The van der Waals surface area contributed by atoms with Crippen molar-refractivity contribution in [3.8, 4) is 5.75 Å². The first kappa shape index (κ1) is 13.6. The van der Waals surface area contributed by atoms with Crippen LogP contribution in [0.2, 0.25) is 0 Å². The van der Waals surface area contributed by atoms with Crippen LogP contribution in [0.1, 0.15) is 26.3 Å². The topological polar surface area (TPSA) is 26.3 Å². The zero-order valence-corrected chi connectivity index (χ0v) is 11.8. The molecule has 0 saturated heterocycles. The lowest BCUT2D eigenvalue weighted by molar-refractivity contribution is -0.118. The molecule has 2 nitrogen and oxygen atoms in total. The number of carbonyl (C=O) groups is 1. The van der Waals surface area contributed by atoms with Crippen molar-refractivity contribution in [2.24, 2.45) is 5.92 Å². The number of rotatable bonds is 5. The molecule has 2 heteroatoms. The Morgan fingerprint density at radius 3 is 2.47 bits per heavy atom. The highest BCUT2D eigenvalue weighted by molar-refractivity contribution is 5.84. The van der Waals surface area contributed by atoms with Gasteiger partial charge in [0.15, 0.2) is 5.78 Å². The normalized spacial score (nSPS) is 10.9. The van der Waals surface area contributed by atoms with Crippen LogP contribution < -0.4 is 4.74 Å². The molecule has 0 spiro atoms. The molecule has 0 N–H and O–H groups in total. The van der Waals surface area contributed by atoms with Gasteiger partial charge >= 0.3 is 0 Å². The maximum absolute atomic E-state index is 10.9. The van der Waals surface area contributed by atoms with E-state index in [-0.39, 0.29) is 12.4 Å². The third kappa shape index (κ3) is 3.82. The van der Waals surface area contributed by atoms with Crippen LogP contribution in [0.5, 0.6) is 5.75 Å². The van der Waals surface area contributed by atoms with Crippen LogP contribution in [0.4, 0.5) is 0 Å². The number of hydrogen-bond acceptors (Lipinski definition) is 2. The van der Waals surface area contributed by atoms with Gasteiger partial charge in [0.1, 0.15) is 12.4 Å². The third-order valence-corrected chi connectivity index (χ3v) is 2.96. The van der Waals surface area contributed by atoms with Gasteiger partial charge in [0.05, 0.1) is 0 Å². The molecule has 0 amide bonds. The summed E-state index contributed by atoms with van der Waals surface area (Å²) in [4.78, 5) is 10.9. The fraction of sp³-hybridized carbons (Fsp3) is 0.353. The van der Waals surface area contributed by atoms with E-state index < -0.39 is 0 Å². The van der Waals surface area contributed by atoms with Crippen molar-refractivity contribution < 1.29 is 9.53 Å². The molecule has 0 atom stereocenters. The molecule has 2 aromatic carbocycles. The molecular weight excluding hydrogens is 236 g/mol. The van der Waals surface area contributed by atoms with Crippen molar-refractivity contribution in [1.82, 2.24) is 0 Å². The monoisotopic (exact) mass is 256 g/mol. The zero-order chi connectivity index (χ0) is 13.8. The van der Waals surface area contributed by atoms with Gasteiger partial charge in [0, 0.05) is 0 Å². The van der Waals surface area contributed by atoms with Crippen LogP contribution in [0.3, 0.4) is 0 Å². The van der Waals surface area contributed by atoms with Gasteiger partial charge in [0.2, 0.25) is 0 Å². The zero-order valence-electron chi connectivity index (χ0n) is 11.8. The first-order valence-corrected chi connectivity index (χ1v) is 6.69. The molecule has 0 aliphatic rings. The van der Waals surface area contributed by atoms with Gasteiger partial charge in [0.25, 0.3) is 0 Å². The van der Waals surface area contributed by atoms with Crippen molar-refractivity contribution >= 4 is 16.6 Å². The summed E-state index contributed by atoms with van der Waals surface area (Å²) < 4.78 is 5.42. The molecule has 2 rings (SSSR count). The molecule has 2 aromatic rings. The van der Waals surface area contributed by atoms with E-state index in [1.165, 1.54) is 17.9 Å². The average molecular weight is 256 g/mol. The van der Waals surface area contributed by atoms with E-state index in [2.05, 4.69) is 38.1 Å². The largest absolute Gasteiger partial charge is 0.486 e. The van der Waals surface area contributed by atoms with E-state index >= 15 is 0 Å². The molecule has 0 aliphatic heterocycles. The predicted molar refractivity (Wildman–Crippen MR) is 78.7 cm³/mol. The third-order valence-electron chi connectivity index (χ3n) is 2.96. The Morgan fingerprint density at radius 1 is 1.11 bits per heavy atom. The summed E-state index contributed by atoms with van der Waals surface area (Å²) in [5.74, 6) is 1.45. The summed E-state index contributed by atoms with van der Waals surface area (Å²) in [6, 6.07) is 12.5. The minimum absolute atomic E-state index is 0.0346. The summed E-state index contributed by atoms with van der Waals surface area (Å²) in [7, 11) is 0. The van der Waals surface area contributed by atoms with Gasteiger partial charge in [-0.3, -0.25) is 4.79 Å². The lowest BCUT2D eigenvalue weighted by Gasteiger charge is -2.08. The highest BCUT2D eigenvalue weighted by Crippen LogP contribution is 2.23. The van der Waals surface area contributed by atoms with Gasteiger partial charge in [-0.05, 0) is 47.7 Å². The van der Waals surface area contributed by atoms with Gasteiger partial charge in [-0.1, -0.05) is 38.1 Å². The molecular formula is C17H20O2. The SMILES string of the molecule is CC(=O)COc1ccc2cc(CC(C)C)ccc2c1. The molecule has 100 valence electrons. The van der Waals surface area contributed by atoms with Gasteiger partial charge < -0.3 is 4.74 Å². The van der Waals surface area contributed by atoms with Crippen LogP contribution in [0.15, 0.2) is 36.4 Å². The molecule has 0 aliphatic carbocycles. The fourth-order valence-corrected chi connectivity index (χ4v) is 2.15. The second-order valence-corrected chi connectivity index (χ2v) is 5.43. The van der Waals surface area contributed by atoms with E-state index in [4.69, 9.17) is 4.74 Å². The number of Topliss-reactive ketones (excluding diaryl/α,β-unsaturated/α-hetero) is 1. The Labute approximate surface area is 114 Å². The second kappa shape index (κ2) is 5.87. The summed E-state index contributed by atoms with van der Waals surface area (Å²) in [6.45, 7) is 6.11. The number of fused-ring (bicyclic) bond motifs is 1. The first-order valence-electron chi connectivity index (χ1n) is 6.69. The lowest BCUT2D eigenvalue weighted by Crippen LogP contribution is -2.06. The Kier molecular flexibility index (Phi) is 4.20. The molecule has 0 saturated carbocycles. The summed E-state index contributed by atoms with van der Waals surface area (Å²) >= 11 is 0. The summed E-state index contributed by atoms with van der Waals surface area (Å²) in [5.41, 5.74) is 1.36. The Hall–Kier alpha value is -1.83. The summed E-state index contributed by atoms with van der Waals surface area (Å²) in [6.07, 6.45) is 1.10. The van der Waals surface area contributed by atoms with Crippen LogP contribution in [0.25, 0.3) is 10.8 Å². The molecule has 0 unspecified atom stereocenters. The van der Waals surface area contributed by atoms with E-state index in [1.807, 2.05) is 12.1 Å². The van der Waals surface area contributed by atoms with Crippen molar-refractivity contribution in [1.29, 1.82) is 0 Å². The van der Waals surface area contributed by atoms with Crippen LogP contribution in [0, 0.1) is 5.92 Å². The molecule has 0 fully saturated rings. The van der Waals surface area contributed by atoms with Crippen molar-refractivity contribution in [3.05, 3.63) is 42.0 Å². The first-order chi connectivity index (χ1) is 9.04. The smallest absolute Gasteiger partial charge is 0.167 e. The van der Waals surface area contributed by atoms with E-state index in [9.17, 15) is 4.79 Å². The predicted octanol–water partition coefficient (Wildman–Crippen LogP) is 4.01. The van der Waals surface area contributed by atoms with Crippen molar-refractivity contribution in [2.45, 2.75) is 27.2 Å². The van der Waals surface area contributed by atoms with Crippen LogP contribution >= 0.6 is 0 Å².